The summed E-state index contributed by atoms with van der Waals surface area (Å²) in [6, 6.07) is 8.71. The minimum atomic E-state index is -1.11. The Morgan fingerprint density at radius 3 is 2.69 bits per heavy atom. The van der Waals surface area contributed by atoms with E-state index in [-0.39, 0.29) is 23.9 Å². The second-order valence-electron chi connectivity index (χ2n) is 11.2. The van der Waals surface area contributed by atoms with Crippen LogP contribution < -0.4 is 10.1 Å². The zero-order chi connectivity index (χ0) is 27.9. The van der Waals surface area contributed by atoms with E-state index in [9.17, 15) is 9.59 Å². The molecular weight excluding hydrogens is 496 g/mol. The van der Waals surface area contributed by atoms with Crippen molar-refractivity contribution in [3.8, 4) is 17.0 Å². The first-order valence-electron chi connectivity index (χ1n) is 13.4. The van der Waals surface area contributed by atoms with Crippen LogP contribution in [0.3, 0.4) is 0 Å². The number of carbonyl (C=O) groups excluding carboxylic acids is 1. The van der Waals surface area contributed by atoms with Gasteiger partial charge in [-0.1, -0.05) is 19.9 Å². The number of carbonyl (C=O) groups is 2. The SMILES string of the molecule is COc1cc(-c2[nH]c3ccc(C4CCC(C)(NC(=O)CN(C)C(=O)O)CC4)cc3c2C(C)C)cn2ncnc12. The number of aromatic nitrogens is 4. The number of pyridine rings is 1. The van der Waals surface area contributed by atoms with Gasteiger partial charge in [0.25, 0.3) is 0 Å². The minimum Gasteiger partial charge on any atom is -0.493 e. The average Bonchev–Trinajstić information content (AvgIpc) is 3.52. The molecule has 0 radical (unpaired) electrons. The number of amides is 2. The summed E-state index contributed by atoms with van der Waals surface area (Å²) in [7, 11) is 3.04. The molecule has 0 unspecified atom stereocenters. The molecular formula is C29H36N6O4. The summed E-state index contributed by atoms with van der Waals surface area (Å²) >= 11 is 0. The van der Waals surface area contributed by atoms with Crippen molar-refractivity contribution in [2.45, 2.75) is 63.8 Å². The van der Waals surface area contributed by atoms with Crippen LogP contribution in [-0.2, 0) is 4.79 Å². The number of hydrogen-bond donors (Lipinski definition) is 3. The minimum absolute atomic E-state index is 0.158. The molecule has 0 atom stereocenters. The molecule has 3 N–H and O–H groups in total. The van der Waals surface area contributed by atoms with Crippen LogP contribution in [0.5, 0.6) is 5.75 Å². The number of H-pyrrole nitrogens is 1. The molecule has 0 spiro atoms. The van der Waals surface area contributed by atoms with Crippen molar-refractivity contribution in [2.75, 3.05) is 20.7 Å². The number of fused-ring (bicyclic) bond motifs is 2. The van der Waals surface area contributed by atoms with Gasteiger partial charge >= 0.3 is 6.09 Å². The zero-order valence-electron chi connectivity index (χ0n) is 23.1. The van der Waals surface area contributed by atoms with Gasteiger partial charge in [-0.25, -0.2) is 14.3 Å². The summed E-state index contributed by atoms with van der Waals surface area (Å²) in [5.74, 6) is 1.09. The molecule has 10 nitrogen and oxygen atoms in total. The quantitative estimate of drug-likeness (QED) is 0.302. The summed E-state index contributed by atoms with van der Waals surface area (Å²) in [5.41, 5.74) is 6.04. The number of likely N-dealkylation sites (N-methyl/N-ethyl adjacent to an activating group) is 1. The van der Waals surface area contributed by atoms with Gasteiger partial charge in [0.05, 0.1) is 12.8 Å². The van der Waals surface area contributed by atoms with E-state index in [0.717, 1.165) is 47.4 Å². The summed E-state index contributed by atoms with van der Waals surface area (Å²) in [6.07, 6.45) is 5.97. The van der Waals surface area contributed by atoms with Gasteiger partial charge in [-0.3, -0.25) is 4.79 Å². The van der Waals surface area contributed by atoms with Crippen LogP contribution in [0.15, 0.2) is 36.8 Å². The van der Waals surface area contributed by atoms with Crippen molar-refractivity contribution in [2.24, 2.45) is 0 Å². The van der Waals surface area contributed by atoms with Crippen LogP contribution in [0.4, 0.5) is 4.79 Å². The van der Waals surface area contributed by atoms with E-state index in [1.54, 1.807) is 11.6 Å². The molecule has 4 aromatic rings. The Hall–Kier alpha value is -4.08. The highest BCUT2D eigenvalue weighted by Crippen LogP contribution is 2.42. The number of methoxy groups -OCH3 is 1. The van der Waals surface area contributed by atoms with Crippen LogP contribution in [0, 0.1) is 0 Å². The van der Waals surface area contributed by atoms with Crippen molar-refractivity contribution >= 4 is 28.6 Å². The second kappa shape index (κ2) is 10.2. The molecule has 0 bridgehead atoms. The van der Waals surface area contributed by atoms with Gasteiger partial charge < -0.3 is 25.0 Å². The van der Waals surface area contributed by atoms with Crippen LogP contribution in [0.25, 0.3) is 27.8 Å². The molecule has 39 heavy (non-hydrogen) atoms. The van der Waals surface area contributed by atoms with E-state index in [2.05, 4.69) is 59.4 Å². The summed E-state index contributed by atoms with van der Waals surface area (Å²) in [6.45, 7) is 6.32. The highest BCUT2D eigenvalue weighted by atomic mass is 16.5. The number of nitrogens with one attached hydrogen (secondary N) is 2. The van der Waals surface area contributed by atoms with Crippen molar-refractivity contribution < 1.29 is 19.4 Å². The molecule has 1 aliphatic rings. The number of carboxylic acid groups (broad SMARTS) is 1. The summed E-state index contributed by atoms with van der Waals surface area (Å²) in [4.78, 5) is 32.4. The van der Waals surface area contributed by atoms with Gasteiger partial charge in [0.1, 0.15) is 12.9 Å². The lowest BCUT2D eigenvalue weighted by Crippen LogP contribution is -2.51. The Morgan fingerprint density at radius 1 is 1.28 bits per heavy atom. The maximum atomic E-state index is 12.4. The van der Waals surface area contributed by atoms with Gasteiger partial charge in [0, 0.05) is 35.2 Å². The normalized spacial score (nSPS) is 19.5. The lowest BCUT2D eigenvalue weighted by atomic mass is 9.75. The van der Waals surface area contributed by atoms with E-state index in [1.807, 2.05) is 12.3 Å². The van der Waals surface area contributed by atoms with E-state index in [4.69, 9.17) is 9.84 Å². The summed E-state index contributed by atoms with van der Waals surface area (Å²) < 4.78 is 7.34. The number of rotatable bonds is 7. The molecule has 0 saturated heterocycles. The smallest absolute Gasteiger partial charge is 0.407 e. The fourth-order valence-corrected chi connectivity index (χ4v) is 5.87. The predicted molar refractivity (Wildman–Crippen MR) is 149 cm³/mol. The molecule has 206 valence electrons. The molecule has 2 amide bonds. The molecule has 1 aromatic carbocycles. The molecule has 3 aromatic heterocycles. The van der Waals surface area contributed by atoms with Crippen LogP contribution in [0.1, 0.15) is 69.4 Å². The highest BCUT2D eigenvalue weighted by Gasteiger charge is 2.33. The molecule has 1 saturated carbocycles. The van der Waals surface area contributed by atoms with Gasteiger partial charge in [-0.2, -0.15) is 5.10 Å². The number of aromatic amines is 1. The third kappa shape index (κ3) is 5.15. The fraction of sp³-hybridized carbons (Fsp3) is 0.448. The molecule has 5 rings (SSSR count). The number of hydrogen-bond acceptors (Lipinski definition) is 5. The monoisotopic (exact) mass is 532 g/mol. The number of benzene rings is 1. The number of nitrogens with zero attached hydrogens (tertiary/aromatic N) is 4. The summed E-state index contributed by atoms with van der Waals surface area (Å²) in [5, 5.41) is 17.7. The molecule has 10 heteroatoms. The van der Waals surface area contributed by atoms with Crippen molar-refractivity contribution in [3.63, 3.8) is 0 Å². The second-order valence-corrected chi connectivity index (χ2v) is 11.2. The molecule has 1 aliphatic carbocycles. The maximum absolute atomic E-state index is 12.4. The first-order valence-corrected chi connectivity index (χ1v) is 13.4. The fourth-order valence-electron chi connectivity index (χ4n) is 5.87. The van der Waals surface area contributed by atoms with Crippen LogP contribution in [-0.4, -0.2) is 67.8 Å². The molecule has 0 aliphatic heterocycles. The van der Waals surface area contributed by atoms with E-state index in [1.165, 1.54) is 29.9 Å². The maximum Gasteiger partial charge on any atom is 0.407 e. The van der Waals surface area contributed by atoms with Gasteiger partial charge in [-0.15, -0.1) is 0 Å². The van der Waals surface area contributed by atoms with Crippen molar-refractivity contribution in [1.82, 2.24) is 29.8 Å². The standard InChI is InChI=1S/C29H36N6O4/c1-17(2)25-21-12-19(18-8-10-29(3,11-9-18)33-24(36)15-34(4)28(37)38)6-7-22(21)32-26(25)20-13-23(39-5)27-30-16-31-35(27)14-20/h6-7,12-14,16-18,32H,8-11,15H2,1-5H3,(H,33,36)(H,37,38). The van der Waals surface area contributed by atoms with Gasteiger partial charge in [0.2, 0.25) is 5.91 Å². The predicted octanol–water partition coefficient (Wildman–Crippen LogP) is 5.15. The Balaban J connectivity index is 1.39. The average molecular weight is 533 g/mol. The van der Waals surface area contributed by atoms with Crippen LogP contribution in [0.2, 0.25) is 0 Å². The highest BCUT2D eigenvalue weighted by molar-refractivity contribution is 5.92. The van der Waals surface area contributed by atoms with Crippen molar-refractivity contribution in [1.29, 1.82) is 0 Å². The van der Waals surface area contributed by atoms with Crippen molar-refractivity contribution in [3.05, 3.63) is 47.9 Å². The molecule has 3 heterocycles. The van der Waals surface area contributed by atoms with Gasteiger partial charge in [-0.05, 0) is 73.8 Å². The zero-order valence-corrected chi connectivity index (χ0v) is 23.1. The first-order chi connectivity index (χ1) is 18.6. The third-order valence-corrected chi connectivity index (χ3v) is 8.00. The first kappa shape index (κ1) is 26.5. The Bertz CT molecular complexity index is 1530. The topological polar surface area (TPSA) is 125 Å². The number of ether oxygens (including phenoxy) is 1. The Labute approximate surface area is 227 Å². The van der Waals surface area contributed by atoms with E-state index in [0.29, 0.717) is 17.3 Å². The van der Waals surface area contributed by atoms with E-state index >= 15 is 0 Å². The molecule has 1 fully saturated rings. The lowest BCUT2D eigenvalue weighted by molar-refractivity contribution is -0.123. The van der Waals surface area contributed by atoms with E-state index < -0.39 is 6.09 Å². The van der Waals surface area contributed by atoms with Crippen LogP contribution >= 0.6 is 0 Å². The van der Waals surface area contributed by atoms with Gasteiger partial charge in [0.15, 0.2) is 11.4 Å². The Kier molecular flexibility index (Phi) is 6.96. The Morgan fingerprint density at radius 2 is 2.03 bits per heavy atom. The lowest BCUT2D eigenvalue weighted by Gasteiger charge is -2.38. The third-order valence-electron chi connectivity index (χ3n) is 8.00. The largest absolute Gasteiger partial charge is 0.493 e.